The van der Waals surface area contributed by atoms with E-state index in [4.69, 9.17) is 11.2 Å². The van der Waals surface area contributed by atoms with Gasteiger partial charge in [0.2, 0.25) is 0 Å². The molecule has 1 atom stereocenters. The quantitative estimate of drug-likeness (QED) is 0.631. The van der Waals surface area contributed by atoms with Crippen LogP contribution in [0.15, 0.2) is 48.5 Å². The highest BCUT2D eigenvalue weighted by atomic mass is 16.6. The van der Waals surface area contributed by atoms with Crippen LogP contribution >= 0.6 is 0 Å². The molecule has 0 fully saturated rings. The van der Waals surface area contributed by atoms with Gasteiger partial charge in [-0.3, -0.25) is 4.79 Å². The van der Waals surface area contributed by atoms with Crippen LogP contribution in [0, 0.1) is 19.3 Å². The van der Waals surface area contributed by atoms with Gasteiger partial charge < -0.3 is 9.64 Å². The molecule has 0 N–H and O–H groups in total. The Morgan fingerprint density at radius 1 is 1.23 bits per heavy atom. The molecule has 0 aliphatic carbocycles. The van der Waals surface area contributed by atoms with Crippen molar-refractivity contribution in [2.24, 2.45) is 0 Å². The van der Waals surface area contributed by atoms with Crippen LogP contribution in [0.4, 0.5) is 0 Å². The Labute approximate surface area is 153 Å². The van der Waals surface area contributed by atoms with Crippen LogP contribution in [0.5, 0.6) is 0 Å². The lowest BCUT2D eigenvalue weighted by Crippen LogP contribution is -2.53. The van der Waals surface area contributed by atoms with Crippen molar-refractivity contribution >= 4 is 11.9 Å². The molecule has 0 saturated carbocycles. The third-order valence-corrected chi connectivity index (χ3v) is 4.60. The first kappa shape index (κ1) is 17.8. The van der Waals surface area contributed by atoms with Gasteiger partial charge >= 0.3 is 5.97 Å². The van der Waals surface area contributed by atoms with E-state index in [0.717, 1.165) is 16.7 Å². The minimum Gasteiger partial charge on any atom is -0.445 e. The topological polar surface area (TPSA) is 46.6 Å². The Morgan fingerprint density at radius 2 is 1.92 bits per heavy atom. The summed E-state index contributed by atoms with van der Waals surface area (Å²) in [6.45, 7) is 4.19. The molecule has 3 rings (SSSR count). The predicted octanol–water partition coefficient (Wildman–Crippen LogP) is 3.13. The molecule has 2 aromatic rings. The third kappa shape index (κ3) is 3.48. The van der Waals surface area contributed by atoms with Gasteiger partial charge in [-0.25, -0.2) is 4.79 Å². The molecule has 2 aromatic carbocycles. The van der Waals surface area contributed by atoms with E-state index in [2.05, 4.69) is 5.92 Å². The maximum absolute atomic E-state index is 13.2. The molecular weight excluding hydrogens is 326 g/mol. The molecule has 4 nitrogen and oxygen atoms in total. The fourth-order valence-corrected chi connectivity index (χ4v) is 3.21. The van der Waals surface area contributed by atoms with Crippen LogP contribution in [-0.2, 0) is 22.5 Å². The van der Waals surface area contributed by atoms with Crippen molar-refractivity contribution < 1.29 is 14.3 Å². The lowest BCUT2D eigenvalue weighted by molar-refractivity contribution is -0.151. The zero-order chi connectivity index (χ0) is 18.7. The summed E-state index contributed by atoms with van der Waals surface area (Å²) >= 11 is 0. The highest BCUT2D eigenvalue weighted by molar-refractivity contribution is 5.97. The normalized spacial score (nSPS) is 18.4. The summed E-state index contributed by atoms with van der Waals surface area (Å²) in [5.41, 5.74) is 2.20. The van der Waals surface area contributed by atoms with Crippen molar-refractivity contribution in [1.82, 2.24) is 4.90 Å². The molecule has 1 heterocycles. The first-order valence-corrected chi connectivity index (χ1v) is 8.52. The van der Waals surface area contributed by atoms with Gasteiger partial charge in [0, 0.05) is 13.0 Å². The first-order chi connectivity index (χ1) is 12.4. The lowest BCUT2D eigenvalue weighted by atomic mass is 9.88. The third-order valence-electron chi connectivity index (χ3n) is 4.60. The number of terminal acetylenes is 1. The Balaban J connectivity index is 1.86. The number of fused-ring (bicyclic) bond motifs is 1. The summed E-state index contributed by atoms with van der Waals surface area (Å²) in [7, 11) is 0. The number of amides is 1. The molecule has 1 unspecified atom stereocenters. The van der Waals surface area contributed by atoms with E-state index in [1.165, 1.54) is 0 Å². The second-order valence-electron chi connectivity index (χ2n) is 6.81. The molecule has 0 bridgehead atoms. The molecule has 26 heavy (non-hydrogen) atoms. The summed E-state index contributed by atoms with van der Waals surface area (Å²) in [6.07, 6.45) is 5.81. The zero-order valence-electron chi connectivity index (χ0n) is 15.0. The summed E-state index contributed by atoms with van der Waals surface area (Å²) in [4.78, 5) is 27.1. The minimum atomic E-state index is -1.26. The standard InChI is InChI=1S/C22H21NO3/c1-4-13-23(15-17-11-9-16(2)10-12-17)21(25)22(3)14-18-7-5-6-8-19(18)20(24)26-22/h1,5-12H,13-15H2,2-3H3. The van der Waals surface area contributed by atoms with Crippen LogP contribution in [0.3, 0.4) is 0 Å². The molecule has 1 aliphatic rings. The van der Waals surface area contributed by atoms with Crippen LogP contribution in [-0.4, -0.2) is 28.9 Å². The van der Waals surface area contributed by atoms with Crippen molar-refractivity contribution in [3.8, 4) is 12.3 Å². The zero-order valence-corrected chi connectivity index (χ0v) is 15.0. The number of hydrogen-bond acceptors (Lipinski definition) is 3. The van der Waals surface area contributed by atoms with Gasteiger partial charge in [-0.05, 0) is 31.0 Å². The van der Waals surface area contributed by atoms with Crippen LogP contribution in [0.1, 0.15) is 34.0 Å². The smallest absolute Gasteiger partial charge is 0.339 e. The van der Waals surface area contributed by atoms with Gasteiger partial charge in [-0.15, -0.1) is 6.42 Å². The number of rotatable bonds is 4. The van der Waals surface area contributed by atoms with E-state index >= 15 is 0 Å². The van der Waals surface area contributed by atoms with Gasteiger partial charge in [-0.1, -0.05) is 53.9 Å². The van der Waals surface area contributed by atoms with Gasteiger partial charge in [0.05, 0.1) is 12.1 Å². The van der Waals surface area contributed by atoms with Crippen molar-refractivity contribution in [1.29, 1.82) is 0 Å². The molecule has 132 valence electrons. The molecule has 0 spiro atoms. The molecule has 0 saturated heterocycles. The number of ether oxygens (including phenoxy) is 1. The van der Waals surface area contributed by atoms with Gasteiger partial charge in [0.15, 0.2) is 5.60 Å². The Bertz CT molecular complexity index is 879. The van der Waals surface area contributed by atoms with Gasteiger partial charge in [-0.2, -0.15) is 0 Å². The summed E-state index contributed by atoms with van der Waals surface area (Å²) in [5.74, 6) is 1.78. The van der Waals surface area contributed by atoms with Crippen LogP contribution < -0.4 is 0 Å². The Morgan fingerprint density at radius 3 is 2.62 bits per heavy atom. The highest BCUT2D eigenvalue weighted by Gasteiger charge is 2.44. The number of carbonyl (C=O) groups excluding carboxylic acids is 2. The summed E-state index contributed by atoms with van der Waals surface area (Å²) < 4.78 is 5.55. The van der Waals surface area contributed by atoms with Crippen molar-refractivity contribution in [2.75, 3.05) is 6.54 Å². The second-order valence-corrected chi connectivity index (χ2v) is 6.81. The number of hydrogen-bond donors (Lipinski definition) is 0. The average molecular weight is 347 g/mol. The minimum absolute atomic E-state index is 0.154. The van der Waals surface area contributed by atoms with E-state index in [0.29, 0.717) is 18.5 Å². The molecule has 1 amide bonds. The number of cyclic esters (lactones) is 1. The number of esters is 1. The van der Waals surface area contributed by atoms with Gasteiger partial charge in [0.25, 0.3) is 5.91 Å². The average Bonchev–Trinajstić information content (AvgIpc) is 2.62. The largest absolute Gasteiger partial charge is 0.445 e. The van der Waals surface area contributed by atoms with Gasteiger partial charge in [0.1, 0.15) is 0 Å². The molecular formula is C22H21NO3. The maximum atomic E-state index is 13.2. The van der Waals surface area contributed by atoms with Crippen molar-refractivity contribution in [2.45, 2.75) is 32.4 Å². The number of nitrogens with zero attached hydrogens (tertiary/aromatic N) is 1. The maximum Gasteiger partial charge on any atom is 0.339 e. The summed E-state index contributed by atoms with van der Waals surface area (Å²) in [6, 6.07) is 15.1. The SMILES string of the molecule is C#CCN(Cc1ccc(C)cc1)C(=O)C1(C)Cc2ccccc2C(=O)O1. The van der Waals surface area contributed by atoms with Crippen LogP contribution in [0.2, 0.25) is 0 Å². The van der Waals surface area contributed by atoms with E-state index in [9.17, 15) is 9.59 Å². The Kier molecular flexibility index (Phi) is 4.81. The molecule has 0 radical (unpaired) electrons. The highest BCUT2D eigenvalue weighted by Crippen LogP contribution is 2.30. The van der Waals surface area contributed by atoms with Crippen molar-refractivity contribution in [3.63, 3.8) is 0 Å². The Hall–Kier alpha value is -3.06. The van der Waals surface area contributed by atoms with E-state index in [1.54, 1.807) is 24.0 Å². The fourth-order valence-electron chi connectivity index (χ4n) is 3.21. The number of benzene rings is 2. The van der Waals surface area contributed by atoms with E-state index in [1.807, 2.05) is 43.3 Å². The molecule has 4 heteroatoms. The monoisotopic (exact) mass is 347 g/mol. The van der Waals surface area contributed by atoms with E-state index < -0.39 is 11.6 Å². The molecule has 1 aliphatic heterocycles. The second kappa shape index (κ2) is 7.05. The van der Waals surface area contributed by atoms with Crippen LogP contribution in [0.25, 0.3) is 0 Å². The number of aryl methyl sites for hydroxylation is 1. The fraction of sp³-hybridized carbons (Fsp3) is 0.273. The summed E-state index contributed by atoms with van der Waals surface area (Å²) in [5, 5.41) is 0. The first-order valence-electron chi connectivity index (χ1n) is 8.52. The number of carbonyl (C=O) groups is 2. The predicted molar refractivity (Wildman–Crippen MR) is 99.4 cm³/mol. The molecule has 0 aromatic heterocycles. The van der Waals surface area contributed by atoms with E-state index in [-0.39, 0.29) is 12.5 Å². The van der Waals surface area contributed by atoms with Crippen molar-refractivity contribution in [3.05, 3.63) is 70.8 Å². The lowest BCUT2D eigenvalue weighted by Gasteiger charge is -2.36.